The summed E-state index contributed by atoms with van der Waals surface area (Å²) in [5, 5.41) is 6.50. The van der Waals surface area contributed by atoms with Crippen molar-refractivity contribution >= 4 is 5.96 Å². The summed E-state index contributed by atoms with van der Waals surface area (Å²) in [6.45, 7) is 6.78. The summed E-state index contributed by atoms with van der Waals surface area (Å²) in [5.74, 6) is 1.80. The Morgan fingerprint density at radius 3 is 2.83 bits per heavy atom. The normalized spacial score (nSPS) is 16.4. The first-order chi connectivity index (χ1) is 8.74. The number of rotatable bonds is 4. The third kappa shape index (κ3) is 3.95. The third-order valence-corrected chi connectivity index (χ3v) is 2.81. The Morgan fingerprint density at radius 1 is 1.39 bits per heavy atom. The van der Waals surface area contributed by atoms with Gasteiger partial charge in [-0.25, -0.2) is 0 Å². The zero-order valence-corrected chi connectivity index (χ0v) is 11.1. The summed E-state index contributed by atoms with van der Waals surface area (Å²) >= 11 is 0. The molecule has 18 heavy (non-hydrogen) atoms. The van der Waals surface area contributed by atoms with Gasteiger partial charge in [0.2, 0.25) is 0 Å². The molecule has 0 saturated carbocycles. The van der Waals surface area contributed by atoms with E-state index in [1.54, 1.807) is 0 Å². The minimum atomic E-state index is 0.110. The number of nitrogens with zero attached hydrogens (tertiary/aromatic N) is 1. The molecule has 2 rings (SSSR count). The maximum atomic E-state index is 5.82. The van der Waals surface area contributed by atoms with Crippen LogP contribution < -0.4 is 15.4 Å². The van der Waals surface area contributed by atoms with Gasteiger partial charge in [-0.15, -0.1) is 0 Å². The first-order valence-corrected chi connectivity index (χ1v) is 6.49. The van der Waals surface area contributed by atoms with Crippen LogP contribution in [0.2, 0.25) is 0 Å². The lowest BCUT2D eigenvalue weighted by atomic mass is 10.2. The predicted octanol–water partition coefficient (Wildman–Crippen LogP) is 1.70. The van der Waals surface area contributed by atoms with Crippen molar-refractivity contribution in [1.29, 1.82) is 0 Å². The zero-order chi connectivity index (χ0) is 12.8. The molecule has 0 aromatic heterocycles. The summed E-state index contributed by atoms with van der Waals surface area (Å²) in [4.78, 5) is 4.36. The first-order valence-electron chi connectivity index (χ1n) is 6.49. The Balaban J connectivity index is 1.76. The van der Waals surface area contributed by atoms with Gasteiger partial charge in [-0.2, -0.15) is 0 Å². The number of ether oxygens (including phenoxy) is 1. The molecule has 1 aromatic rings. The third-order valence-electron chi connectivity index (χ3n) is 2.81. The average Bonchev–Trinajstić information content (AvgIpc) is 2.40. The second kappa shape index (κ2) is 6.28. The van der Waals surface area contributed by atoms with Crippen molar-refractivity contribution < 1.29 is 4.74 Å². The fraction of sp³-hybridized carbons (Fsp3) is 0.500. The van der Waals surface area contributed by atoms with E-state index >= 15 is 0 Å². The molecule has 2 N–H and O–H groups in total. The smallest absolute Gasteiger partial charge is 0.191 e. The first kappa shape index (κ1) is 12.7. The maximum absolute atomic E-state index is 5.82. The largest absolute Gasteiger partial charge is 0.489 e. The molecule has 0 bridgehead atoms. The van der Waals surface area contributed by atoms with Gasteiger partial charge in [0.25, 0.3) is 0 Å². The second-order valence-electron chi connectivity index (χ2n) is 4.63. The fourth-order valence-corrected chi connectivity index (χ4v) is 1.78. The van der Waals surface area contributed by atoms with Crippen LogP contribution in [0.1, 0.15) is 18.9 Å². The SMILES string of the molecule is Cc1ccc(OC(C)CNC2=NCCCN2)cc1. The van der Waals surface area contributed by atoms with Gasteiger partial charge in [0.15, 0.2) is 5.96 Å². The van der Waals surface area contributed by atoms with Crippen molar-refractivity contribution in [2.45, 2.75) is 26.4 Å². The molecule has 4 heteroatoms. The highest BCUT2D eigenvalue weighted by Gasteiger charge is 2.07. The van der Waals surface area contributed by atoms with Crippen LogP contribution in [0.25, 0.3) is 0 Å². The number of guanidine groups is 1. The predicted molar refractivity (Wildman–Crippen MR) is 74.2 cm³/mol. The van der Waals surface area contributed by atoms with Gasteiger partial charge in [-0.05, 0) is 32.4 Å². The average molecular weight is 247 g/mol. The van der Waals surface area contributed by atoms with Gasteiger partial charge in [0.05, 0.1) is 6.54 Å². The molecule has 0 saturated heterocycles. The van der Waals surface area contributed by atoms with E-state index in [1.807, 2.05) is 12.1 Å². The van der Waals surface area contributed by atoms with Crippen molar-refractivity contribution in [3.63, 3.8) is 0 Å². The van der Waals surface area contributed by atoms with Gasteiger partial charge in [0.1, 0.15) is 11.9 Å². The molecule has 0 radical (unpaired) electrons. The highest BCUT2D eigenvalue weighted by molar-refractivity contribution is 5.80. The van der Waals surface area contributed by atoms with Crippen LogP contribution in [0.4, 0.5) is 0 Å². The number of aliphatic imine (C=N–C) groups is 1. The van der Waals surface area contributed by atoms with Crippen LogP contribution in [0, 0.1) is 6.92 Å². The molecule has 98 valence electrons. The lowest BCUT2D eigenvalue weighted by molar-refractivity contribution is 0.223. The molecule has 1 heterocycles. The number of hydrogen-bond donors (Lipinski definition) is 2. The van der Waals surface area contributed by atoms with E-state index < -0.39 is 0 Å². The number of nitrogens with one attached hydrogen (secondary N) is 2. The molecule has 4 nitrogen and oxygen atoms in total. The summed E-state index contributed by atoms with van der Waals surface area (Å²) in [5.41, 5.74) is 1.24. The van der Waals surface area contributed by atoms with Crippen LogP contribution >= 0.6 is 0 Å². The molecule has 1 atom stereocenters. The van der Waals surface area contributed by atoms with E-state index in [1.165, 1.54) is 5.56 Å². The monoisotopic (exact) mass is 247 g/mol. The van der Waals surface area contributed by atoms with E-state index in [-0.39, 0.29) is 6.10 Å². The number of benzene rings is 1. The quantitative estimate of drug-likeness (QED) is 0.851. The highest BCUT2D eigenvalue weighted by Crippen LogP contribution is 2.12. The van der Waals surface area contributed by atoms with Crippen LogP contribution in [0.5, 0.6) is 5.75 Å². The molecule has 1 aliphatic heterocycles. The zero-order valence-electron chi connectivity index (χ0n) is 11.1. The van der Waals surface area contributed by atoms with Crippen molar-refractivity contribution in [3.8, 4) is 5.75 Å². The summed E-state index contributed by atoms with van der Waals surface area (Å²) < 4.78 is 5.82. The molecule has 1 unspecified atom stereocenters. The molecule has 0 aliphatic carbocycles. The molecule has 0 fully saturated rings. The van der Waals surface area contributed by atoms with E-state index in [0.717, 1.165) is 37.8 Å². The van der Waals surface area contributed by atoms with Gasteiger partial charge in [0, 0.05) is 13.1 Å². The molecular formula is C14H21N3O. The summed E-state index contributed by atoms with van der Waals surface area (Å²) in [7, 11) is 0. The van der Waals surface area contributed by atoms with Crippen LogP contribution in [0.15, 0.2) is 29.3 Å². The Kier molecular flexibility index (Phi) is 4.45. The Bertz CT molecular complexity index is 400. The number of hydrogen-bond acceptors (Lipinski definition) is 4. The van der Waals surface area contributed by atoms with Crippen LogP contribution in [-0.4, -0.2) is 31.7 Å². The van der Waals surface area contributed by atoms with Gasteiger partial charge >= 0.3 is 0 Å². The van der Waals surface area contributed by atoms with E-state index in [0.29, 0.717) is 0 Å². The van der Waals surface area contributed by atoms with E-state index in [9.17, 15) is 0 Å². The van der Waals surface area contributed by atoms with E-state index in [2.05, 4.69) is 41.6 Å². The Hall–Kier alpha value is -1.71. The molecular weight excluding hydrogens is 226 g/mol. The lowest BCUT2D eigenvalue weighted by Gasteiger charge is -2.19. The maximum Gasteiger partial charge on any atom is 0.191 e. The second-order valence-corrected chi connectivity index (χ2v) is 4.63. The molecule has 1 aliphatic rings. The Morgan fingerprint density at radius 2 is 2.17 bits per heavy atom. The highest BCUT2D eigenvalue weighted by atomic mass is 16.5. The van der Waals surface area contributed by atoms with Crippen LogP contribution in [-0.2, 0) is 0 Å². The molecule has 1 aromatic carbocycles. The van der Waals surface area contributed by atoms with Crippen molar-refractivity contribution in [2.75, 3.05) is 19.6 Å². The Labute approximate surface area is 108 Å². The van der Waals surface area contributed by atoms with Crippen molar-refractivity contribution in [1.82, 2.24) is 10.6 Å². The van der Waals surface area contributed by atoms with Gasteiger partial charge in [-0.3, -0.25) is 4.99 Å². The lowest BCUT2D eigenvalue weighted by Crippen LogP contribution is -2.44. The number of aryl methyl sites for hydroxylation is 1. The molecule has 0 spiro atoms. The summed E-state index contributed by atoms with van der Waals surface area (Å²) in [6, 6.07) is 8.12. The minimum Gasteiger partial charge on any atom is -0.489 e. The topological polar surface area (TPSA) is 45.6 Å². The fourth-order valence-electron chi connectivity index (χ4n) is 1.78. The summed E-state index contributed by atoms with van der Waals surface area (Å²) in [6.07, 6.45) is 1.22. The van der Waals surface area contributed by atoms with Gasteiger partial charge < -0.3 is 15.4 Å². The van der Waals surface area contributed by atoms with Gasteiger partial charge in [-0.1, -0.05) is 17.7 Å². The minimum absolute atomic E-state index is 0.110. The van der Waals surface area contributed by atoms with Crippen molar-refractivity contribution in [2.24, 2.45) is 4.99 Å². The standard InChI is InChI=1S/C14H21N3O/c1-11-4-6-13(7-5-11)18-12(2)10-17-14-15-8-3-9-16-14/h4-7,12H,3,8-10H2,1-2H3,(H2,15,16,17). The van der Waals surface area contributed by atoms with Crippen LogP contribution in [0.3, 0.4) is 0 Å². The molecule has 0 amide bonds. The van der Waals surface area contributed by atoms with E-state index in [4.69, 9.17) is 4.74 Å². The van der Waals surface area contributed by atoms with Crippen molar-refractivity contribution in [3.05, 3.63) is 29.8 Å².